The molecule has 0 unspecified atom stereocenters. The summed E-state index contributed by atoms with van der Waals surface area (Å²) in [6.45, 7) is 2.24. The number of methoxy groups -OCH3 is 1. The Hall–Kier alpha value is -3.39. The molecule has 0 bridgehead atoms. The third-order valence-corrected chi connectivity index (χ3v) is 9.58. The van der Waals surface area contributed by atoms with E-state index in [-0.39, 0.29) is 43.3 Å². The Kier molecular flexibility index (Phi) is 10.9. The second kappa shape index (κ2) is 14.4. The molecular formula is C30H26Cl4N4O4S. The average molecular weight is 680 g/mol. The van der Waals surface area contributed by atoms with Crippen LogP contribution in [-0.2, 0) is 16.6 Å². The molecule has 1 aromatic heterocycles. The predicted molar refractivity (Wildman–Crippen MR) is 172 cm³/mol. The molecular weight excluding hydrogens is 654 g/mol. The van der Waals surface area contributed by atoms with Crippen molar-refractivity contribution in [3.05, 3.63) is 104 Å². The van der Waals surface area contributed by atoms with E-state index in [0.29, 0.717) is 24.5 Å². The minimum atomic E-state index is -4.15. The van der Waals surface area contributed by atoms with E-state index in [1.165, 1.54) is 13.2 Å². The van der Waals surface area contributed by atoms with E-state index < -0.39 is 16.6 Å². The fourth-order valence-electron chi connectivity index (χ4n) is 4.39. The zero-order valence-corrected chi connectivity index (χ0v) is 26.9. The van der Waals surface area contributed by atoms with Gasteiger partial charge in [0, 0.05) is 12.6 Å². The summed E-state index contributed by atoms with van der Waals surface area (Å²) in [7, 11) is -2.77. The van der Waals surface area contributed by atoms with Crippen LogP contribution in [0.4, 0.5) is 11.4 Å². The van der Waals surface area contributed by atoms with Crippen molar-refractivity contribution in [1.82, 2.24) is 4.98 Å². The summed E-state index contributed by atoms with van der Waals surface area (Å²) in [5, 5.41) is 9.85. The molecule has 0 spiro atoms. The van der Waals surface area contributed by atoms with Gasteiger partial charge in [0.05, 0.1) is 31.1 Å². The molecule has 0 amide bonds. The van der Waals surface area contributed by atoms with Gasteiger partial charge in [-0.25, -0.2) is 13.4 Å². The SMILES string of the molecule is COc1ccccc1S(=O)(=O)N(CC#N)c1cc(C)cc(OCCN(Cc2ccccc2)c2c(Cl)c(Cl)nc(Cl)c2Cl)c1. The smallest absolute Gasteiger partial charge is 0.268 e. The summed E-state index contributed by atoms with van der Waals surface area (Å²) in [5.41, 5.74) is 2.38. The number of hydrogen-bond donors (Lipinski definition) is 0. The van der Waals surface area contributed by atoms with Gasteiger partial charge >= 0.3 is 0 Å². The topological polar surface area (TPSA) is 95.8 Å². The summed E-state index contributed by atoms with van der Waals surface area (Å²) < 4.78 is 39.7. The maximum atomic E-state index is 13.7. The monoisotopic (exact) mass is 678 g/mol. The van der Waals surface area contributed by atoms with Crippen molar-refractivity contribution >= 4 is 67.8 Å². The van der Waals surface area contributed by atoms with E-state index in [2.05, 4.69) is 4.98 Å². The molecule has 0 aliphatic heterocycles. The van der Waals surface area contributed by atoms with E-state index in [1.54, 1.807) is 43.3 Å². The molecule has 0 saturated carbocycles. The predicted octanol–water partition coefficient (Wildman–Crippen LogP) is 7.82. The van der Waals surface area contributed by atoms with E-state index in [4.69, 9.17) is 55.9 Å². The molecule has 0 atom stereocenters. The Morgan fingerprint density at radius 1 is 0.930 bits per heavy atom. The normalized spacial score (nSPS) is 11.1. The molecule has 0 saturated heterocycles. The van der Waals surface area contributed by atoms with Crippen LogP contribution in [-0.4, -0.2) is 40.2 Å². The lowest BCUT2D eigenvalue weighted by molar-refractivity contribution is 0.323. The Labute approximate surface area is 270 Å². The first-order chi connectivity index (χ1) is 20.6. The molecule has 0 N–H and O–H groups in total. The second-order valence-electron chi connectivity index (χ2n) is 9.25. The number of anilines is 2. The standard InChI is InChI=1S/C30H26Cl4N4O4S/c1-20-16-22(38(13-12-35)43(39,40)25-11-7-6-10-24(25)41-2)18-23(17-20)42-15-14-37(19-21-8-4-3-5-9-21)28-26(31)29(33)36-30(34)27(28)32/h3-11,16-18H,13-15,19H2,1-2H3. The Bertz CT molecular complexity index is 1730. The largest absolute Gasteiger partial charge is 0.495 e. The Morgan fingerprint density at radius 2 is 1.58 bits per heavy atom. The summed E-state index contributed by atoms with van der Waals surface area (Å²) >= 11 is 25.5. The summed E-state index contributed by atoms with van der Waals surface area (Å²) in [4.78, 5) is 5.80. The molecule has 43 heavy (non-hydrogen) atoms. The molecule has 8 nitrogen and oxygen atoms in total. The number of rotatable bonds is 12. The first-order valence-corrected chi connectivity index (χ1v) is 15.8. The number of ether oxygens (including phenoxy) is 2. The molecule has 4 aromatic rings. The van der Waals surface area contributed by atoms with E-state index >= 15 is 0 Å². The van der Waals surface area contributed by atoms with Crippen LogP contribution in [0.2, 0.25) is 20.4 Å². The van der Waals surface area contributed by atoms with Gasteiger partial charge in [0.2, 0.25) is 0 Å². The first-order valence-electron chi connectivity index (χ1n) is 12.8. The van der Waals surface area contributed by atoms with Gasteiger partial charge in [0.25, 0.3) is 10.0 Å². The number of nitriles is 1. The van der Waals surface area contributed by atoms with Crippen molar-refractivity contribution in [3.8, 4) is 17.6 Å². The Morgan fingerprint density at radius 3 is 2.23 bits per heavy atom. The number of nitrogens with zero attached hydrogens (tertiary/aromatic N) is 4. The first kappa shape index (κ1) is 32.5. The lowest BCUT2D eigenvalue weighted by atomic mass is 10.2. The zero-order valence-electron chi connectivity index (χ0n) is 23.1. The van der Waals surface area contributed by atoms with Gasteiger partial charge in [-0.1, -0.05) is 88.9 Å². The molecule has 0 fully saturated rings. The maximum absolute atomic E-state index is 13.7. The third-order valence-electron chi connectivity index (χ3n) is 6.31. The minimum absolute atomic E-state index is 0.0159. The lowest BCUT2D eigenvalue weighted by Gasteiger charge is -2.28. The van der Waals surface area contributed by atoms with Gasteiger partial charge in [-0.15, -0.1) is 0 Å². The van der Waals surface area contributed by atoms with Gasteiger partial charge in [-0.3, -0.25) is 4.31 Å². The van der Waals surface area contributed by atoms with Gasteiger partial charge in [-0.2, -0.15) is 5.26 Å². The number of halogens is 4. The molecule has 13 heteroatoms. The van der Waals surface area contributed by atoms with Crippen molar-refractivity contribution in [3.63, 3.8) is 0 Å². The Balaban J connectivity index is 1.63. The number of pyridine rings is 1. The van der Waals surface area contributed by atoms with E-state index in [1.807, 2.05) is 41.3 Å². The highest BCUT2D eigenvalue weighted by Crippen LogP contribution is 2.42. The number of aromatic nitrogens is 1. The number of aryl methyl sites for hydroxylation is 1. The van der Waals surface area contributed by atoms with Crippen molar-refractivity contribution in [1.29, 1.82) is 5.26 Å². The fourth-order valence-corrected chi connectivity index (χ4v) is 6.84. The number of benzene rings is 3. The number of sulfonamides is 1. The van der Waals surface area contributed by atoms with Crippen molar-refractivity contribution in [2.75, 3.05) is 36.0 Å². The quantitative estimate of drug-likeness (QED) is 0.111. The van der Waals surface area contributed by atoms with Crippen molar-refractivity contribution in [2.24, 2.45) is 0 Å². The molecule has 4 rings (SSSR count). The minimum Gasteiger partial charge on any atom is -0.495 e. The maximum Gasteiger partial charge on any atom is 0.268 e. The van der Waals surface area contributed by atoms with Gasteiger partial charge in [0.15, 0.2) is 10.3 Å². The number of hydrogen-bond acceptors (Lipinski definition) is 7. The summed E-state index contributed by atoms with van der Waals surface area (Å²) in [6, 6.07) is 22.8. The van der Waals surface area contributed by atoms with E-state index in [9.17, 15) is 13.7 Å². The van der Waals surface area contributed by atoms with Crippen LogP contribution in [0.15, 0.2) is 77.7 Å². The second-order valence-corrected chi connectivity index (χ2v) is 12.6. The molecule has 0 aliphatic carbocycles. The molecule has 224 valence electrons. The third kappa shape index (κ3) is 7.58. The van der Waals surface area contributed by atoms with Crippen molar-refractivity contribution in [2.45, 2.75) is 18.4 Å². The molecule has 1 heterocycles. The average Bonchev–Trinajstić information content (AvgIpc) is 2.99. The summed E-state index contributed by atoms with van der Waals surface area (Å²) in [5.74, 6) is 0.567. The summed E-state index contributed by atoms with van der Waals surface area (Å²) in [6.07, 6.45) is 0. The highest BCUT2D eigenvalue weighted by Gasteiger charge is 2.29. The fraction of sp³-hybridized carbons (Fsp3) is 0.200. The zero-order chi connectivity index (χ0) is 31.1. The molecule has 0 aliphatic rings. The van der Waals surface area contributed by atoms with Crippen LogP contribution >= 0.6 is 46.4 Å². The number of para-hydroxylation sites is 1. The van der Waals surface area contributed by atoms with Crippen LogP contribution in [0.3, 0.4) is 0 Å². The molecule has 3 aromatic carbocycles. The van der Waals surface area contributed by atoms with Gasteiger partial charge in [-0.05, 0) is 42.3 Å². The van der Waals surface area contributed by atoms with E-state index in [0.717, 1.165) is 15.4 Å². The van der Waals surface area contributed by atoms with Crippen LogP contribution in [0, 0.1) is 18.3 Å². The van der Waals surface area contributed by atoms with Gasteiger partial charge < -0.3 is 14.4 Å². The van der Waals surface area contributed by atoms with Crippen LogP contribution in [0.1, 0.15) is 11.1 Å². The van der Waals surface area contributed by atoms with Crippen LogP contribution in [0.5, 0.6) is 11.5 Å². The van der Waals surface area contributed by atoms with Crippen molar-refractivity contribution < 1.29 is 17.9 Å². The van der Waals surface area contributed by atoms with Crippen LogP contribution < -0.4 is 18.7 Å². The highest BCUT2D eigenvalue weighted by molar-refractivity contribution is 7.93. The van der Waals surface area contributed by atoms with Gasteiger partial charge in [0.1, 0.15) is 39.6 Å². The lowest BCUT2D eigenvalue weighted by Crippen LogP contribution is -2.32. The molecule has 0 radical (unpaired) electrons. The highest BCUT2D eigenvalue weighted by atomic mass is 35.5. The van der Waals surface area contributed by atoms with Crippen LogP contribution in [0.25, 0.3) is 0 Å².